The van der Waals surface area contributed by atoms with Gasteiger partial charge in [0, 0.05) is 26.2 Å². The summed E-state index contributed by atoms with van der Waals surface area (Å²) in [6.07, 6.45) is 0. The average Bonchev–Trinajstić information content (AvgIpc) is 3.23. The van der Waals surface area contributed by atoms with Crippen LogP contribution in [0.5, 0.6) is 5.75 Å². The molecular weight excluding hydrogens is 424 g/mol. The summed E-state index contributed by atoms with van der Waals surface area (Å²) in [7, 11) is -3.71. The quantitative estimate of drug-likeness (QED) is 0.597. The molecule has 1 amide bonds. The summed E-state index contributed by atoms with van der Waals surface area (Å²) in [6, 6.07) is 10.7. The SMILES string of the molecule is Cc1cccc(OCC(=O)N2CCN(S(=O)(=O)c3cccc4nsnc34)CC2)c1C. The molecule has 158 valence electrons. The predicted octanol–water partition coefficient (Wildman–Crippen LogP) is 2.22. The van der Waals surface area contributed by atoms with Crippen molar-refractivity contribution in [1.82, 2.24) is 18.0 Å². The number of carbonyl (C=O) groups excluding carboxylic acids is 1. The summed E-state index contributed by atoms with van der Waals surface area (Å²) in [5.41, 5.74) is 3.07. The lowest BCUT2D eigenvalue weighted by Crippen LogP contribution is -2.51. The highest BCUT2D eigenvalue weighted by atomic mass is 32.2. The maximum atomic E-state index is 13.1. The zero-order valence-corrected chi connectivity index (χ0v) is 18.4. The van der Waals surface area contributed by atoms with Crippen molar-refractivity contribution in [3.05, 3.63) is 47.5 Å². The summed E-state index contributed by atoms with van der Waals surface area (Å²) in [6.45, 7) is 4.97. The number of aromatic nitrogens is 2. The van der Waals surface area contributed by atoms with Gasteiger partial charge in [-0.15, -0.1) is 0 Å². The summed E-state index contributed by atoms with van der Waals surface area (Å²) >= 11 is 0.990. The minimum Gasteiger partial charge on any atom is -0.483 e. The predicted molar refractivity (Wildman–Crippen MR) is 114 cm³/mol. The molecule has 0 N–H and O–H groups in total. The Morgan fingerprint density at radius 3 is 2.57 bits per heavy atom. The van der Waals surface area contributed by atoms with Gasteiger partial charge in [0.05, 0.1) is 11.7 Å². The molecule has 1 aliphatic rings. The van der Waals surface area contributed by atoms with Crippen LogP contribution in [0.25, 0.3) is 11.0 Å². The van der Waals surface area contributed by atoms with Gasteiger partial charge in [-0.2, -0.15) is 13.1 Å². The lowest BCUT2D eigenvalue weighted by atomic mass is 10.1. The third-order valence-corrected chi connectivity index (χ3v) is 7.84. The number of piperazine rings is 1. The van der Waals surface area contributed by atoms with Gasteiger partial charge >= 0.3 is 0 Å². The van der Waals surface area contributed by atoms with Crippen molar-refractivity contribution in [3.63, 3.8) is 0 Å². The molecule has 8 nitrogen and oxygen atoms in total. The minimum absolute atomic E-state index is 0.0686. The van der Waals surface area contributed by atoms with E-state index < -0.39 is 10.0 Å². The number of amides is 1. The first-order valence-electron chi connectivity index (χ1n) is 9.56. The number of aryl methyl sites for hydroxylation is 1. The van der Waals surface area contributed by atoms with E-state index in [4.69, 9.17) is 4.74 Å². The van der Waals surface area contributed by atoms with Crippen LogP contribution in [-0.2, 0) is 14.8 Å². The number of rotatable bonds is 5. The zero-order valence-electron chi connectivity index (χ0n) is 16.7. The Balaban J connectivity index is 1.39. The van der Waals surface area contributed by atoms with Crippen LogP contribution in [0.1, 0.15) is 11.1 Å². The number of carbonyl (C=O) groups is 1. The van der Waals surface area contributed by atoms with Gasteiger partial charge < -0.3 is 9.64 Å². The summed E-state index contributed by atoms with van der Waals surface area (Å²) in [5, 5.41) is 0. The highest BCUT2D eigenvalue weighted by Crippen LogP contribution is 2.25. The number of nitrogens with zero attached hydrogens (tertiary/aromatic N) is 4. The molecule has 0 saturated carbocycles. The van der Waals surface area contributed by atoms with Crippen molar-refractivity contribution < 1.29 is 17.9 Å². The lowest BCUT2D eigenvalue weighted by Gasteiger charge is -2.34. The Hall–Kier alpha value is -2.56. The van der Waals surface area contributed by atoms with E-state index in [1.807, 2.05) is 32.0 Å². The van der Waals surface area contributed by atoms with Crippen molar-refractivity contribution in [3.8, 4) is 5.75 Å². The number of fused-ring (bicyclic) bond motifs is 1. The number of benzene rings is 2. The molecule has 0 bridgehead atoms. The Bertz CT molecular complexity index is 1180. The van der Waals surface area contributed by atoms with Gasteiger partial charge in [0.1, 0.15) is 21.7 Å². The van der Waals surface area contributed by atoms with Crippen LogP contribution >= 0.6 is 11.7 Å². The van der Waals surface area contributed by atoms with E-state index in [1.165, 1.54) is 4.31 Å². The third kappa shape index (κ3) is 3.90. The fraction of sp³-hybridized carbons (Fsp3) is 0.350. The van der Waals surface area contributed by atoms with Gasteiger partial charge in [0.2, 0.25) is 10.0 Å². The van der Waals surface area contributed by atoms with E-state index in [-0.39, 0.29) is 30.5 Å². The highest BCUT2D eigenvalue weighted by Gasteiger charge is 2.32. The Labute approximate surface area is 179 Å². The van der Waals surface area contributed by atoms with Crippen molar-refractivity contribution >= 4 is 38.7 Å². The van der Waals surface area contributed by atoms with Gasteiger partial charge in [-0.05, 0) is 43.2 Å². The number of sulfonamides is 1. The molecule has 2 heterocycles. The Morgan fingerprint density at radius 2 is 1.80 bits per heavy atom. The van der Waals surface area contributed by atoms with Crippen LogP contribution in [0.3, 0.4) is 0 Å². The fourth-order valence-electron chi connectivity index (χ4n) is 3.42. The standard InChI is InChI=1S/C20H22N4O4S2/c1-14-5-3-7-17(15(14)2)28-13-19(25)23-9-11-24(12-10-23)30(26,27)18-8-4-6-16-20(18)22-29-21-16/h3-8H,9-13H2,1-2H3. The highest BCUT2D eigenvalue weighted by molar-refractivity contribution is 7.89. The molecule has 3 aromatic rings. The Kier molecular flexibility index (Phi) is 5.72. The largest absolute Gasteiger partial charge is 0.483 e. The third-order valence-electron chi connectivity index (χ3n) is 5.36. The van der Waals surface area contributed by atoms with Crippen LogP contribution < -0.4 is 4.74 Å². The van der Waals surface area contributed by atoms with Crippen LogP contribution in [0.4, 0.5) is 0 Å². The van der Waals surface area contributed by atoms with Crippen molar-refractivity contribution in [2.24, 2.45) is 0 Å². The molecule has 1 aromatic heterocycles. The molecule has 0 unspecified atom stereocenters. The van der Waals surface area contributed by atoms with Crippen molar-refractivity contribution in [2.45, 2.75) is 18.7 Å². The first-order valence-corrected chi connectivity index (χ1v) is 11.7. The zero-order chi connectivity index (χ0) is 21.3. The second kappa shape index (κ2) is 8.29. The molecule has 0 radical (unpaired) electrons. The smallest absolute Gasteiger partial charge is 0.260 e. The molecule has 4 rings (SSSR count). The van der Waals surface area contributed by atoms with Gasteiger partial charge in [-0.3, -0.25) is 4.79 Å². The van der Waals surface area contributed by atoms with E-state index in [0.717, 1.165) is 22.9 Å². The van der Waals surface area contributed by atoms with Gasteiger partial charge in [0.15, 0.2) is 6.61 Å². The molecular formula is C20H22N4O4S2. The summed E-state index contributed by atoms with van der Waals surface area (Å²) in [4.78, 5) is 14.4. The average molecular weight is 447 g/mol. The monoisotopic (exact) mass is 446 g/mol. The molecule has 30 heavy (non-hydrogen) atoms. The van der Waals surface area contributed by atoms with Gasteiger partial charge in [0.25, 0.3) is 5.91 Å². The van der Waals surface area contributed by atoms with Gasteiger partial charge in [-0.25, -0.2) is 8.42 Å². The number of ether oxygens (including phenoxy) is 1. The second-order valence-corrected chi connectivity index (χ2v) is 9.59. The fourth-order valence-corrected chi connectivity index (χ4v) is 5.59. The first kappa shape index (κ1) is 20.7. The van der Waals surface area contributed by atoms with Crippen LogP contribution in [-0.4, -0.2) is 65.1 Å². The molecule has 0 atom stereocenters. The first-order chi connectivity index (χ1) is 14.4. The molecule has 1 aliphatic heterocycles. The van der Waals surface area contributed by atoms with E-state index in [9.17, 15) is 13.2 Å². The van der Waals surface area contributed by atoms with E-state index in [0.29, 0.717) is 29.9 Å². The normalized spacial score (nSPS) is 15.5. The van der Waals surface area contributed by atoms with Crippen LogP contribution in [0.2, 0.25) is 0 Å². The second-order valence-electron chi connectivity index (χ2n) is 7.16. The number of hydrogen-bond donors (Lipinski definition) is 0. The van der Waals surface area contributed by atoms with E-state index in [2.05, 4.69) is 8.75 Å². The molecule has 2 aromatic carbocycles. The molecule has 0 spiro atoms. The maximum Gasteiger partial charge on any atom is 0.260 e. The Morgan fingerprint density at radius 1 is 1.07 bits per heavy atom. The van der Waals surface area contributed by atoms with Gasteiger partial charge in [-0.1, -0.05) is 18.2 Å². The summed E-state index contributed by atoms with van der Waals surface area (Å²) < 4.78 is 41.5. The molecule has 1 saturated heterocycles. The minimum atomic E-state index is -3.71. The summed E-state index contributed by atoms with van der Waals surface area (Å²) in [5.74, 6) is 0.535. The van der Waals surface area contributed by atoms with Crippen LogP contribution in [0.15, 0.2) is 41.3 Å². The topological polar surface area (TPSA) is 92.7 Å². The van der Waals surface area contributed by atoms with E-state index >= 15 is 0 Å². The van der Waals surface area contributed by atoms with E-state index in [1.54, 1.807) is 23.1 Å². The number of hydrogen-bond acceptors (Lipinski definition) is 7. The van der Waals surface area contributed by atoms with Crippen molar-refractivity contribution in [1.29, 1.82) is 0 Å². The molecule has 10 heteroatoms. The van der Waals surface area contributed by atoms with Crippen molar-refractivity contribution in [2.75, 3.05) is 32.8 Å². The van der Waals surface area contributed by atoms with Crippen LogP contribution in [0, 0.1) is 13.8 Å². The lowest BCUT2D eigenvalue weighted by molar-refractivity contribution is -0.134. The maximum absolute atomic E-state index is 13.1. The molecule has 0 aliphatic carbocycles. The molecule has 1 fully saturated rings.